The average molecular weight is 250 g/mol. The molecule has 0 aromatic rings. The highest BCUT2D eigenvalue weighted by molar-refractivity contribution is 6.58. The van der Waals surface area contributed by atoms with Crippen LogP contribution in [0.25, 0.3) is 0 Å². The maximum absolute atomic E-state index is 10.4. The van der Waals surface area contributed by atoms with Gasteiger partial charge in [0.15, 0.2) is 0 Å². The Morgan fingerprint density at radius 2 is 1.56 bits per heavy atom. The van der Waals surface area contributed by atoms with Gasteiger partial charge in [0.1, 0.15) is 0 Å². The van der Waals surface area contributed by atoms with E-state index in [1.807, 2.05) is 6.55 Å². The van der Waals surface area contributed by atoms with E-state index in [0.29, 0.717) is 12.2 Å². The second-order valence-electron chi connectivity index (χ2n) is 2.98. The molecule has 0 saturated heterocycles. The summed E-state index contributed by atoms with van der Waals surface area (Å²) in [6, 6.07) is 0. The van der Waals surface area contributed by atoms with Gasteiger partial charge in [0.2, 0.25) is 0 Å². The Balaban J connectivity index is 0. The Bertz CT molecular complexity index is 205. The lowest BCUT2D eigenvalue weighted by molar-refractivity contribution is -0.138. The van der Waals surface area contributed by atoms with Crippen LogP contribution in [0.5, 0.6) is 0 Å². The molecular formula is C10H22O5Si. The van der Waals surface area contributed by atoms with Crippen LogP contribution in [-0.4, -0.2) is 42.7 Å². The van der Waals surface area contributed by atoms with E-state index < -0.39 is 8.80 Å². The molecule has 0 fully saturated rings. The molecule has 0 aromatic carbocycles. The lowest BCUT2D eigenvalue weighted by Gasteiger charge is -2.18. The largest absolute Gasteiger partial charge is 0.496 e. The van der Waals surface area contributed by atoms with E-state index >= 15 is 0 Å². The van der Waals surface area contributed by atoms with Gasteiger partial charge in [-0.1, -0.05) is 6.58 Å². The van der Waals surface area contributed by atoms with Gasteiger partial charge in [-0.3, -0.25) is 0 Å². The molecule has 6 heteroatoms. The number of ether oxygens (including phenoxy) is 1. The molecule has 0 aliphatic rings. The van der Waals surface area contributed by atoms with E-state index in [2.05, 4.69) is 11.3 Å². The highest BCUT2D eigenvalue weighted by atomic mass is 28.4. The number of rotatable bonds is 5. The van der Waals surface area contributed by atoms with Crippen LogP contribution in [0.4, 0.5) is 0 Å². The molecule has 0 amide bonds. The molecule has 0 aliphatic heterocycles. The normalized spacial score (nSPS) is 10.1. The van der Waals surface area contributed by atoms with Crippen molar-refractivity contribution in [1.29, 1.82) is 0 Å². The first-order valence-corrected chi connectivity index (χ1v) is 7.07. The SMILES string of the molecule is C=C(C)C(=O)OCC.CO[Si](C)(OC)OC. The summed E-state index contributed by atoms with van der Waals surface area (Å²) >= 11 is 0. The predicted octanol–water partition coefficient (Wildman–Crippen LogP) is 1.62. The van der Waals surface area contributed by atoms with Gasteiger partial charge < -0.3 is 18.0 Å². The van der Waals surface area contributed by atoms with Crippen molar-refractivity contribution < 1.29 is 22.8 Å². The van der Waals surface area contributed by atoms with E-state index in [1.54, 1.807) is 35.2 Å². The van der Waals surface area contributed by atoms with Crippen LogP contribution in [0.3, 0.4) is 0 Å². The molecule has 0 N–H and O–H groups in total. The first kappa shape index (κ1) is 17.7. The van der Waals surface area contributed by atoms with Gasteiger partial charge in [0, 0.05) is 33.4 Å². The molecule has 5 nitrogen and oxygen atoms in total. The van der Waals surface area contributed by atoms with Crippen molar-refractivity contribution in [3.8, 4) is 0 Å². The third-order valence-corrected chi connectivity index (χ3v) is 3.96. The summed E-state index contributed by atoms with van der Waals surface area (Å²) in [7, 11) is 2.58. The zero-order chi connectivity index (χ0) is 13.2. The number of hydrogen-bond donors (Lipinski definition) is 0. The molecule has 0 bridgehead atoms. The molecule has 16 heavy (non-hydrogen) atoms. The number of hydrogen-bond acceptors (Lipinski definition) is 5. The van der Waals surface area contributed by atoms with Gasteiger partial charge >= 0.3 is 14.8 Å². The van der Waals surface area contributed by atoms with E-state index in [4.69, 9.17) is 13.3 Å². The van der Waals surface area contributed by atoms with Crippen LogP contribution in [0.1, 0.15) is 13.8 Å². The molecule has 0 aromatic heterocycles. The van der Waals surface area contributed by atoms with Gasteiger partial charge in [-0.15, -0.1) is 0 Å². The maximum atomic E-state index is 10.4. The third kappa shape index (κ3) is 8.60. The Morgan fingerprint density at radius 1 is 1.19 bits per heavy atom. The molecule has 96 valence electrons. The van der Waals surface area contributed by atoms with Crippen LogP contribution in [0, 0.1) is 0 Å². The van der Waals surface area contributed by atoms with Crippen LogP contribution in [0.2, 0.25) is 6.55 Å². The minimum absolute atomic E-state index is 0.312. The average Bonchev–Trinajstić information content (AvgIpc) is 2.29. The molecule has 0 saturated carbocycles. The molecule has 0 radical (unpaired) electrons. The summed E-state index contributed by atoms with van der Waals surface area (Å²) in [4.78, 5) is 10.4. The molecule has 0 heterocycles. The first-order valence-electron chi connectivity index (χ1n) is 4.84. The second kappa shape index (κ2) is 9.53. The smallest absolute Gasteiger partial charge is 0.463 e. The standard InChI is InChI=1S/C6H10O2.C4H12O3Si/c1-4-8-6(7)5(2)3;1-5-8(4,6-2)7-3/h2,4H2,1,3H3;1-4H3. The number of carbonyl (C=O) groups excluding carboxylic acids is 1. The Hall–Kier alpha value is -0.693. The lowest BCUT2D eigenvalue weighted by Crippen LogP contribution is -2.38. The van der Waals surface area contributed by atoms with Gasteiger partial charge in [-0.05, 0) is 13.8 Å². The summed E-state index contributed by atoms with van der Waals surface area (Å²) in [5, 5.41) is 0. The van der Waals surface area contributed by atoms with Crippen LogP contribution >= 0.6 is 0 Å². The molecule has 0 spiro atoms. The van der Waals surface area contributed by atoms with E-state index in [9.17, 15) is 4.79 Å². The zero-order valence-corrected chi connectivity index (χ0v) is 12.0. The van der Waals surface area contributed by atoms with Crippen molar-refractivity contribution in [3.05, 3.63) is 12.2 Å². The zero-order valence-electron chi connectivity index (χ0n) is 11.0. The Morgan fingerprint density at radius 3 is 1.62 bits per heavy atom. The topological polar surface area (TPSA) is 54.0 Å². The van der Waals surface area contributed by atoms with Crippen LogP contribution in [0.15, 0.2) is 12.2 Å². The summed E-state index contributed by atoms with van der Waals surface area (Å²) in [6.07, 6.45) is 0. The highest BCUT2D eigenvalue weighted by Crippen LogP contribution is 2.02. The Kier molecular flexibility index (Phi) is 10.5. The fourth-order valence-electron chi connectivity index (χ4n) is 0.504. The Labute approximate surface area is 98.7 Å². The molecular weight excluding hydrogens is 228 g/mol. The van der Waals surface area contributed by atoms with E-state index in [0.717, 1.165) is 0 Å². The number of esters is 1. The fraction of sp³-hybridized carbons (Fsp3) is 0.700. The second-order valence-corrected chi connectivity index (χ2v) is 5.93. The maximum Gasteiger partial charge on any atom is 0.496 e. The van der Waals surface area contributed by atoms with Gasteiger partial charge in [0.25, 0.3) is 0 Å². The first-order chi connectivity index (χ1) is 7.36. The minimum atomic E-state index is -2.17. The van der Waals surface area contributed by atoms with Crippen molar-refractivity contribution in [3.63, 3.8) is 0 Å². The number of carbonyl (C=O) groups is 1. The van der Waals surface area contributed by atoms with Crippen LogP contribution in [-0.2, 0) is 22.8 Å². The van der Waals surface area contributed by atoms with Crippen LogP contribution < -0.4 is 0 Å². The quantitative estimate of drug-likeness (QED) is 0.421. The predicted molar refractivity (Wildman–Crippen MR) is 64.1 cm³/mol. The summed E-state index contributed by atoms with van der Waals surface area (Å²) in [5.41, 5.74) is 0.451. The highest BCUT2D eigenvalue weighted by Gasteiger charge is 2.29. The van der Waals surface area contributed by atoms with Crippen molar-refractivity contribution in [1.82, 2.24) is 0 Å². The third-order valence-electron chi connectivity index (χ3n) is 1.74. The minimum Gasteiger partial charge on any atom is -0.463 e. The lowest BCUT2D eigenvalue weighted by atomic mass is 10.4. The van der Waals surface area contributed by atoms with Gasteiger partial charge in [-0.25, -0.2) is 4.79 Å². The van der Waals surface area contributed by atoms with Crippen molar-refractivity contribution in [2.75, 3.05) is 27.9 Å². The van der Waals surface area contributed by atoms with Crippen molar-refractivity contribution in [2.45, 2.75) is 20.4 Å². The molecule has 0 aliphatic carbocycles. The fourth-order valence-corrected chi connectivity index (χ4v) is 1.00. The van der Waals surface area contributed by atoms with Crippen molar-refractivity contribution >= 4 is 14.8 Å². The van der Waals surface area contributed by atoms with Crippen molar-refractivity contribution in [2.24, 2.45) is 0 Å². The monoisotopic (exact) mass is 250 g/mol. The molecule has 0 rings (SSSR count). The molecule has 0 atom stereocenters. The summed E-state index contributed by atoms with van der Waals surface area (Å²) < 4.78 is 19.4. The van der Waals surface area contributed by atoms with E-state index in [1.165, 1.54) is 0 Å². The van der Waals surface area contributed by atoms with E-state index in [-0.39, 0.29) is 5.97 Å². The summed E-state index contributed by atoms with van der Waals surface area (Å²) in [6.45, 7) is 9.04. The summed E-state index contributed by atoms with van der Waals surface area (Å²) in [5.74, 6) is -0.312. The van der Waals surface area contributed by atoms with Gasteiger partial charge in [0.05, 0.1) is 6.61 Å². The molecule has 0 unspecified atom stereocenters. The van der Waals surface area contributed by atoms with Gasteiger partial charge in [-0.2, -0.15) is 0 Å².